The van der Waals surface area contributed by atoms with Crippen molar-refractivity contribution in [2.75, 3.05) is 7.11 Å². The molecule has 3 N–H and O–H groups in total. The highest BCUT2D eigenvalue weighted by Gasteiger charge is 2.36. The molecular formula is C20H24N4O5. The zero-order valence-electron chi connectivity index (χ0n) is 16.3. The van der Waals surface area contributed by atoms with Crippen molar-refractivity contribution >= 4 is 23.7 Å². The first kappa shape index (κ1) is 21.9. The van der Waals surface area contributed by atoms with E-state index in [9.17, 15) is 19.2 Å². The van der Waals surface area contributed by atoms with Crippen molar-refractivity contribution in [1.82, 2.24) is 16.0 Å². The molecule has 1 aliphatic heterocycles. The third-order valence-electron chi connectivity index (χ3n) is 4.69. The Kier molecular flexibility index (Phi) is 7.71. The number of esters is 1. The monoisotopic (exact) mass is 400 g/mol. The van der Waals surface area contributed by atoms with Gasteiger partial charge in [-0.3, -0.25) is 14.4 Å². The van der Waals surface area contributed by atoms with Gasteiger partial charge in [0, 0.05) is 18.8 Å². The maximum atomic E-state index is 12.3. The van der Waals surface area contributed by atoms with Crippen LogP contribution in [0.1, 0.15) is 25.3 Å². The van der Waals surface area contributed by atoms with Gasteiger partial charge in [0.15, 0.2) is 0 Å². The third-order valence-corrected chi connectivity index (χ3v) is 4.69. The molecule has 0 saturated carbocycles. The summed E-state index contributed by atoms with van der Waals surface area (Å²) in [4.78, 5) is 48.9. The molecule has 9 nitrogen and oxygen atoms in total. The lowest BCUT2D eigenvalue weighted by Gasteiger charge is -2.30. The number of hydrogen-bond donors (Lipinski definition) is 3. The molecule has 4 atom stereocenters. The van der Waals surface area contributed by atoms with E-state index in [2.05, 4.69) is 20.7 Å². The van der Waals surface area contributed by atoms with Gasteiger partial charge in [-0.15, -0.1) is 0 Å². The number of methoxy groups -OCH3 is 1. The minimum absolute atomic E-state index is 0.0435. The molecular weight excluding hydrogens is 376 g/mol. The van der Waals surface area contributed by atoms with E-state index in [1.807, 2.05) is 36.4 Å². The highest BCUT2D eigenvalue weighted by Crippen LogP contribution is 2.11. The molecule has 2 rings (SSSR count). The average molecular weight is 400 g/mol. The summed E-state index contributed by atoms with van der Waals surface area (Å²) in [6, 6.07) is 8.42. The van der Waals surface area contributed by atoms with E-state index in [0.29, 0.717) is 6.42 Å². The Bertz CT molecular complexity index is 805. The molecule has 1 aliphatic rings. The molecule has 0 radical (unpaired) electrons. The Morgan fingerprint density at radius 2 is 1.79 bits per heavy atom. The molecule has 3 amide bonds. The van der Waals surface area contributed by atoms with Gasteiger partial charge in [-0.05, 0) is 5.56 Å². The van der Waals surface area contributed by atoms with Gasteiger partial charge in [-0.25, -0.2) is 4.79 Å². The first-order chi connectivity index (χ1) is 13.8. The predicted molar refractivity (Wildman–Crippen MR) is 102 cm³/mol. The highest BCUT2D eigenvalue weighted by atomic mass is 16.5. The van der Waals surface area contributed by atoms with E-state index in [1.165, 1.54) is 7.11 Å². The number of carbonyl (C=O) groups is 4. The lowest BCUT2D eigenvalue weighted by atomic mass is 9.98. The smallest absolute Gasteiger partial charge is 0.328 e. The Hall–Kier alpha value is -3.41. The first-order valence-electron chi connectivity index (χ1n) is 9.24. The number of ether oxygens (including phenoxy) is 1. The minimum Gasteiger partial charge on any atom is -0.467 e. The number of carbonyl (C=O) groups excluding carboxylic acids is 4. The summed E-state index contributed by atoms with van der Waals surface area (Å²) in [7, 11) is 1.18. The molecule has 0 unspecified atom stereocenters. The number of nitrogens with one attached hydrogen (secondary N) is 3. The van der Waals surface area contributed by atoms with E-state index < -0.39 is 41.8 Å². The molecule has 1 aromatic carbocycles. The molecule has 0 bridgehead atoms. The lowest BCUT2D eigenvalue weighted by molar-refractivity contribution is -0.147. The van der Waals surface area contributed by atoms with Gasteiger partial charge in [0.05, 0.1) is 19.6 Å². The zero-order valence-corrected chi connectivity index (χ0v) is 16.3. The summed E-state index contributed by atoms with van der Waals surface area (Å²) in [5, 5.41) is 16.5. The number of benzene rings is 1. The predicted octanol–water partition coefficient (Wildman–Crippen LogP) is -0.190. The molecule has 154 valence electrons. The Labute approximate surface area is 168 Å². The van der Waals surface area contributed by atoms with Gasteiger partial charge < -0.3 is 20.7 Å². The second kappa shape index (κ2) is 10.2. The van der Waals surface area contributed by atoms with Crippen LogP contribution in [0.15, 0.2) is 30.3 Å². The number of rotatable bonds is 8. The standard InChI is InChI=1S/C20H24N4O5/c1-12(8-9-21)17(20(28)29-2)24-16(25)11-15-19(27)22-14(18(26)23-15)10-13-6-4-3-5-7-13/h3-7,12,14-15,17H,8,10-11H2,1-2H3,(H,22,27)(H,23,26)(H,24,25)/t12-,14+,15+,17-/m1/s1. The summed E-state index contributed by atoms with van der Waals surface area (Å²) in [5.74, 6) is -2.61. The molecule has 1 aromatic rings. The molecule has 9 heteroatoms. The molecule has 1 heterocycles. The van der Waals surface area contributed by atoms with Gasteiger partial charge >= 0.3 is 5.97 Å². The van der Waals surface area contributed by atoms with Crippen LogP contribution in [0, 0.1) is 17.2 Å². The second-order valence-electron chi connectivity index (χ2n) is 6.92. The quantitative estimate of drug-likeness (QED) is 0.517. The fraction of sp³-hybridized carbons (Fsp3) is 0.450. The van der Waals surface area contributed by atoms with Gasteiger partial charge in [0.25, 0.3) is 0 Å². The second-order valence-corrected chi connectivity index (χ2v) is 6.92. The summed E-state index contributed by atoms with van der Waals surface area (Å²) in [6.45, 7) is 1.63. The molecule has 0 aliphatic carbocycles. The van der Waals surface area contributed by atoms with Crippen molar-refractivity contribution in [1.29, 1.82) is 5.26 Å². The molecule has 1 fully saturated rings. The minimum atomic E-state index is -1.04. The largest absolute Gasteiger partial charge is 0.467 e. The van der Waals surface area contributed by atoms with Crippen LogP contribution < -0.4 is 16.0 Å². The van der Waals surface area contributed by atoms with Crippen LogP contribution >= 0.6 is 0 Å². The van der Waals surface area contributed by atoms with Crippen molar-refractivity contribution < 1.29 is 23.9 Å². The maximum absolute atomic E-state index is 12.3. The fourth-order valence-electron chi connectivity index (χ4n) is 3.05. The topological polar surface area (TPSA) is 137 Å². The highest BCUT2D eigenvalue weighted by molar-refractivity contribution is 5.99. The lowest BCUT2D eigenvalue weighted by Crippen LogP contribution is -2.63. The number of hydrogen-bond acceptors (Lipinski definition) is 6. The van der Waals surface area contributed by atoms with Crippen LogP contribution in [0.2, 0.25) is 0 Å². The fourth-order valence-corrected chi connectivity index (χ4v) is 3.05. The van der Waals surface area contributed by atoms with Crippen LogP contribution in [-0.2, 0) is 30.3 Å². The van der Waals surface area contributed by atoms with Gasteiger partial charge in [0.1, 0.15) is 18.1 Å². The SMILES string of the molecule is COC(=O)[C@H](NC(=O)C[C@@H]1NC(=O)[C@H](Cc2ccccc2)NC1=O)[C@H](C)CC#N. The van der Waals surface area contributed by atoms with Crippen molar-refractivity contribution in [2.45, 2.75) is 44.3 Å². The van der Waals surface area contributed by atoms with E-state index in [4.69, 9.17) is 5.26 Å². The summed E-state index contributed by atoms with van der Waals surface area (Å²) < 4.78 is 4.67. The summed E-state index contributed by atoms with van der Waals surface area (Å²) in [6.07, 6.45) is 0.0533. The summed E-state index contributed by atoms with van der Waals surface area (Å²) >= 11 is 0. The van der Waals surface area contributed by atoms with Crippen molar-refractivity contribution in [3.05, 3.63) is 35.9 Å². The maximum Gasteiger partial charge on any atom is 0.328 e. The number of amides is 3. The van der Waals surface area contributed by atoms with Crippen LogP contribution in [0.4, 0.5) is 0 Å². The first-order valence-corrected chi connectivity index (χ1v) is 9.24. The van der Waals surface area contributed by atoms with Gasteiger partial charge in [0.2, 0.25) is 17.7 Å². The Balaban J connectivity index is 1.95. The normalized spacial score (nSPS) is 20.4. The Morgan fingerprint density at radius 3 is 2.41 bits per heavy atom. The molecule has 0 spiro atoms. The van der Waals surface area contributed by atoms with Crippen molar-refractivity contribution in [3.63, 3.8) is 0 Å². The van der Waals surface area contributed by atoms with E-state index in [0.717, 1.165) is 5.56 Å². The number of nitrogens with zero attached hydrogens (tertiary/aromatic N) is 1. The van der Waals surface area contributed by atoms with Crippen molar-refractivity contribution in [3.8, 4) is 6.07 Å². The van der Waals surface area contributed by atoms with Crippen LogP contribution in [0.25, 0.3) is 0 Å². The van der Waals surface area contributed by atoms with E-state index in [-0.39, 0.29) is 18.7 Å². The van der Waals surface area contributed by atoms with E-state index >= 15 is 0 Å². The molecule has 1 saturated heterocycles. The van der Waals surface area contributed by atoms with Gasteiger partial charge in [-0.1, -0.05) is 37.3 Å². The number of piperazine rings is 1. The van der Waals surface area contributed by atoms with Crippen LogP contribution in [0.3, 0.4) is 0 Å². The summed E-state index contributed by atoms with van der Waals surface area (Å²) in [5.41, 5.74) is 0.900. The average Bonchev–Trinajstić information content (AvgIpc) is 2.70. The van der Waals surface area contributed by atoms with Crippen LogP contribution in [0.5, 0.6) is 0 Å². The van der Waals surface area contributed by atoms with Gasteiger partial charge in [-0.2, -0.15) is 5.26 Å². The molecule has 29 heavy (non-hydrogen) atoms. The Morgan fingerprint density at radius 1 is 1.17 bits per heavy atom. The van der Waals surface area contributed by atoms with Crippen molar-refractivity contribution in [2.24, 2.45) is 5.92 Å². The van der Waals surface area contributed by atoms with E-state index in [1.54, 1.807) is 6.92 Å². The third kappa shape index (κ3) is 6.04. The molecule has 0 aromatic heterocycles. The zero-order chi connectivity index (χ0) is 21.4. The van der Waals surface area contributed by atoms with Crippen LogP contribution in [-0.4, -0.2) is 48.9 Å². The number of nitriles is 1.